The normalized spacial score (nSPS) is 10.0. The maximum atomic E-state index is 5.14. The van der Waals surface area contributed by atoms with Gasteiger partial charge in [-0.25, -0.2) is 0 Å². The molecule has 1 aromatic heterocycles. The lowest BCUT2D eigenvalue weighted by Gasteiger charge is -1.97. The van der Waals surface area contributed by atoms with Gasteiger partial charge in [-0.3, -0.25) is 4.68 Å². The Hall–Kier alpha value is -1.23. The van der Waals surface area contributed by atoms with Crippen molar-refractivity contribution < 1.29 is 0 Å². The molecule has 0 aromatic carbocycles. The summed E-state index contributed by atoms with van der Waals surface area (Å²) in [7, 11) is 0. The van der Waals surface area contributed by atoms with Crippen molar-refractivity contribution in [2.45, 2.75) is 26.3 Å². The Labute approximate surface area is 67.2 Å². The Morgan fingerprint density at radius 3 is 2.91 bits per heavy atom. The van der Waals surface area contributed by atoms with Crippen LogP contribution in [0.15, 0.2) is 12.3 Å². The maximum absolute atomic E-state index is 5.14. The summed E-state index contributed by atoms with van der Waals surface area (Å²) in [6.07, 6.45) is 7.05. The van der Waals surface area contributed by atoms with Gasteiger partial charge < -0.3 is 0 Å². The lowest BCUT2D eigenvalue weighted by atomic mass is 10.1. The highest BCUT2D eigenvalue weighted by Crippen LogP contribution is 2.09. The van der Waals surface area contributed by atoms with E-state index in [1.54, 1.807) is 4.68 Å². The SMILES string of the molecule is C#CCn1ccc(C(C)C)n1. The van der Waals surface area contributed by atoms with Gasteiger partial charge in [-0.05, 0) is 12.0 Å². The Balaban J connectivity index is 2.75. The zero-order valence-corrected chi connectivity index (χ0v) is 6.91. The van der Waals surface area contributed by atoms with E-state index < -0.39 is 0 Å². The van der Waals surface area contributed by atoms with E-state index in [2.05, 4.69) is 24.9 Å². The zero-order valence-electron chi connectivity index (χ0n) is 6.91. The topological polar surface area (TPSA) is 17.8 Å². The molecule has 0 saturated heterocycles. The molecule has 0 saturated carbocycles. The summed E-state index contributed by atoms with van der Waals surface area (Å²) in [5.41, 5.74) is 1.10. The minimum absolute atomic E-state index is 0.481. The van der Waals surface area contributed by atoms with Crippen LogP contribution in [0.1, 0.15) is 25.5 Å². The first-order valence-electron chi connectivity index (χ1n) is 3.71. The highest BCUT2D eigenvalue weighted by atomic mass is 15.3. The van der Waals surface area contributed by atoms with Crippen molar-refractivity contribution in [3.05, 3.63) is 18.0 Å². The van der Waals surface area contributed by atoms with Crippen molar-refractivity contribution in [3.63, 3.8) is 0 Å². The van der Waals surface area contributed by atoms with Gasteiger partial charge in [0.05, 0.1) is 5.69 Å². The summed E-state index contributed by atoms with van der Waals surface area (Å²) in [5.74, 6) is 3.02. The summed E-state index contributed by atoms with van der Waals surface area (Å²) in [6, 6.07) is 2.00. The molecular formula is C9H12N2. The zero-order chi connectivity index (χ0) is 8.27. The molecule has 0 radical (unpaired) electrons. The Morgan fingerprint density at radius 1 is 1.73 bits per heavy atom. The lowest BCUT2D eigenvalue weighted by Crippen LogP contribution is -1.97. The van der Waals surface area contributed by atoms with E-state index in [0.29, 0.717) is 12.5 Å². The Bertz CT molecular complexity index is 265. The third kappa shape index (κ3) is 1.84. The average Bonchev–Trinajstić information content (AvgIpc) is 2.37. The van der Waals surface area contributed by atoms with Crippen LogP contribution in [0, 0.1) is 12.3 Å². The average molecular weight is 148 g/mol. The molecular weight excluding hydrogens is 136 g/mol. The highest BCUT2D eigenvalue weighted by molar-refractivity contribution is 5.04. The van der Waals surface area contributed by atoms with Gasteiger partial charge in [-0.1, -0.05) is 19.8 Å². The standard InChI is InChI=1S/C9H12N2/c1-4-6-11-7-5-9(10-11)8(2)3/h1,5,7-8H,6H2,2-3H3. The van der Waals surface area contributed by atoms with E-state index in [1.807, 2.05) is 12.3 Å². The second kappa shape index (κ2) is 3.25. The molecule has 2 nitrogen and oxygen atoms in total. The van der Waals surface area contributed by atoms with Gasteiger partial charge in [0.1, 0.15) is 6.54 Å². The molecule has 0 N–H and O–H groups in total. The molecule has 1 heterocycles. The first kappa shape index (κ1) is 7.87. The van der Waals surface area contributed by atoms with Crippen LogP contribution in [0.5, 0.6) is 0 Å². The largest absolute Gasteiger partial charge is 0.260 e. The fourth-order valence-electron chi connectivity index (χ4n) is 0.867. The van der Waals surface area contributed by atoms with Crippen LogP contribution in [0.3, 0.4) is 0 Å². The molecule has 0 aliphatic carbocycles. The van der Waals surface area contributed by atoms with Gasteiger partial charge in [0.2, 0.25) is 0 Å². The van der Waals surface area contributed by atoms with E-state index >= 15 is 0 Å². The van der Waals surface area contributed by atoms with Crippen molar-refractivity contribution in [2.75, 3.05) is 0 Å². The van der Waals surface area contributed by atoms with Crippen molar-refractivity contribution in [2.24, 2.45) is 0 Å². The quantitative estimate of drug-likeness (QED) is 0.583. The molecule has 0 unspecified atom stereocenters. The molecule has 0 aliphatic rings. The Kier molecular flexibility index (Phi) is 2.32. The van der Waals surface area contributed by atoms with Crippen LogP contribution in [0.2, 0.25) is 0 Å². The molecule has 58 valence electrons. The van der Waals surface area contributed by atoms with Crippen LogP contribution >= 0.6 is 0 Å². The predicted octanol–water partition coefficient (Wildman–Crippen LogP) is 1.64. The van der Waals surface area contributed by atoms with Gasteiger partial charge in [0, 0.05) is 6.20 Å². The van der Waals surface area contributed by atoms with Crippen LogP contribution in [0.25, 0.3) is 0 Å². The fourth-order valence-corrected chi connectivity index (χ4v) is 0.867. The van der Waals surface area contributed by atoms with E-state index in [-0.39, 0.29) is 0 Å². The van der Waals surface area contributed by atoms with Gasteiger partial charge in [0.15, 0.2) is 0 Å². The molecule has 1 aromatic rings. The summed E-state index contributed by atoms with van der Waals surface area (Å²) < 4.78 is 1.77. The molecule has 11 heavy (non-hydrogen) atoms. The van der Waals surface area contributed by atoms with Crippen molar-refractivity contribution in [3.8, 4) is 12.3 Å². The summed E-state index contributed by atoms with van der Waals surface area (Å²) >= 11 is 0. The maximum Gasteiger partial charge on any atom is 0.101 e. The second-order valence-electron chi connectivity index (χ2n) is 2.80. The number of aromatic nitrogens is 2. The summed E-state index contributed by atoms with van der Waals surface area (Å²) in [5, 5.41) is 4.27. The molecule has 0 amide bonds. The van der Waals surface area contributed by atoms with Crippen LogP contribution in [-0.4, -0.2) is 9.78 Å². The van der Waals surface area contributed by atoms with Crippen molar-refractivity contribution in [1.82, 2.24) is 9.78 Å². The van der Waals surface area contributed by atoms with Crippen molar-refractivity contribution in [1.29, 1.82) is 0 Å². The second-order valence-corrected chi connectivity index (χ2v) is 2.80. The highest BCUT2D eigenvalue weighted by Gasteiger charge is 2.01. The predicted molar refractivity (Wildman–Crippen MR) is 45.1 cm³/mol. The third-order valence-electron chi connectivity index (χ3n) is 1.51. The fraction of sp³-hybridized carbons (Fsp3) is 0.444. The first-order valence-corrected chi connectivity index (χ1v) is 3.71. The third-order valence-corrected chi connectivity index (χ3v) is 1.51. The van der Waals surface area contributed by atoms with Crippen LogP contribution in [0.4, 0.5) is 0 Å². The number of hydrogen-bond donors (Lipinski definition) is 0. The smallest absolute Gasteiger partial charge is 0.101 e. The van der Waals surface area contributed by atoms with E-state index in [0.717, 1.165) is 5.69 Å². The molecule has 0 fully saturated rings. The molecule has 2 heteroatoms. The molecule has 0 atom stereocenters. The lowest BCUT2D eigenvalue weighted by molar-refractivity contribution is 0.678. The number of terminal acetylenes is 1. The van der Waals surface area contributed by atoms with Gasteiger partial charge >= 0.3 is 0 Å². The monoisotopic (exact) mass is 148 g/mol. The summed E-state index contributed by atoms with van der Waals surface area (Å²) in [4.78, 5) is 0. The molecule has 1 rings (SSSR count). The van der Waals surface area contributed by atoms with Gasteiger partial charge in [-0.15, -0.1) is 6.42 Å². The van der Waals surface area contributed by atoms with Crippen LogP contribution < -0.4 is 0 Å². The minimum atomic E-state index is 0.481. The Morgan fingerprint density at radius 2 is 2.45 bits per heavy atom. The number of nitrogens with zero attached hydrogens (tertiary/aromatic N) is 2. The van der Waals surface area contributed by atoms with Gasteiger partial charge in [-0.2, -0.15) is 5.10 Å². The molecule has 0 bridgehead atoms. The van der Waals surface area contributed by atoms with Gasteiger partial charge in [0.25, 0.3) is 0 Å². The first-order chi connectivity index (χ1) is 5.24. The van der Waals surface area contributed by atoms with E-state index in [4.69, 9.17) is 6.42 Å². The number of hydrogen-bond acceptors (Lipinski definition) is 1. The van der Waals surface area contributed by atoms with E-state index in [9.17, 15) is 0 Å². The van der Waals surface area contributed by atoms with E-state index in [1.165, 1.54) is 0 Å². The minimum Gasteiger partial charge on any atom is -0.260 e. The van der Waals surface area contributed by atoms with Crippen molar-refractivity contribution >= 4 is 0 Å². The van der Waals surface area contributed by atoms with Crippen LogP contribution in [-0.2, 0) is 6.54 Å². The molecule has 0 spiro atoms. The molecule has 0 aliphatic heterocycles. The summed E-state index contributed by atoms with van der Waals surface area (Å²) in [6.45, 7) is 4.79. The number of rotatable bonds is 2.